The topological polar surface area (TPSA) is 146 Å². The summed E-state index contributed by atoms with van der Waals surface area (Å²) in [5.41, 5.74) is 3.88. The zero-order valence-corrected chi connectivity index (χ0v) is 20.1. The Kier molecular flexibility index (Phi) is 8.10. The van der Waals surface area contributed by atoms with E-state index in [4.69, 9.17) is 9.47 Å². The minimum atomic E-state index is -0.762. The first-order chi connectivity index (χ1) is 16.6. The third-order valence-electron chi connectivity index (χ3n) is 4.56. The Bertz CT molecular complexity index is 1300. The maximum absolute atomic E-state index is 12.1. The van der Waals surface area contributed by atoms with Crippen LogP contribution in [0.3, 0.4) is 0 Å². The number of nitro benzene ring substituents is 2. The van der Waals surface area contributed by atoms with Gasteiger partial charge in [-0.15, -0.1) is 0 Å². The molecular formula is C23H19BrN4O7. The van der Waals surface area contributed by atoms with Crippen molar-refractivity contribution in [1.82, 2.24) is 5.43 Å². The Morgan fingerprint density at radius 1 is 1.09 bits per heavy atom. The molecule has 12 heteroatoms. The minimum absolute atomic E-state index is 0.155. The molecule has 0 radical (unpaired) electrons. The lowest BCUT2D eigenvalue weighted by Crippen LogP contribution is -2.24. The van der Waals surface area contributed by atoms with E-state index in [1.165, 1.54) is 12.3 Å². The van der Waals surface area contributed by atoms with Crippen molar-refractivity contribution in [3.05, 3.63) is 96.0 Å². The Morgan fingerprint density at radius 2 is 1.86 bits per heavy atom. The Labute approximate surface area is 207 Å². The van der Waals surface area contributed by atoms with Gasteiger partial charge in [-0.1, -0.05) is 18.2 Å². The quantitative estimate of drug-likeness (QED) is 0.222. The fraction of sp³-hybridized carbons (Fsp3) is 0.130. The molecule has 0 bridgehead atoms. The van der Waals surface area contributed by atoms with Crippen molar-refractivity contribution in [1.29, 1.82) is 0 Å². The number of rotatable bonds is 9. The number of carbonyl (C=O) groups excluding carboxylic acids is 1. The number of hydrazone groups is 1. The van der Waals surface area contributed by atoms with Crippen LogP contribution >= 0.6 is 15.9 Å². The number of carbonyl (C=O) groups is 1. The van der Waals surface area contributed by atoms with E-state index >= 15 is 0 Å². The number of aryl methyl sites for hydroxylation is 2. The van der Waals surface area contributed by atoms with E-state index < -0.39 is 27.1 Å². The Balaban J connectivity index is 1.63. The van der Waals surface area contributed by atoms with E-state index in [1.807, 2.05) is 26.0 Å². The maximum atomic E-state index is 12.1. The van der Waals surface area contributed by atoms with Gasteiger partial charge in [0.25, 0.3) is 11.6 Å². The van der Waals surface area contributed by atoms with Crippen molar-refractivity contribution in [3.8, 4) is 17.2 Å². The molecule has 0 fully saturated rings. The fourth-order valence-corrected chi connectivity index (χ4v) is 3.86. The number of hydrogen-bond acceptors (Lipinski definition) is 8. The highest BCUT2D eigenvalue weighted by Crippen LogP contribution is 2.34. The molecule has 0 aliphatic heterocycles. The molecule has 0 heterocycles. The molecule has 3 aromatic carbocycles. The minimum Gasteiger partial charge on any atom is -0.482 e. The van der Waals surface area contributed by atoms with Gasteiger partial charge in [0.1, 0.15) is 11.5 Å². The van der Waals surface area contributed by atoms with Crippen LogP contribution in [0.25, 0.3) is 0 Å². The van der Waals surface area contributed by atoms with E-state index in [0.29, 0.717) is 11.3 Å². The number of hydrogen-bond donors (Lipinski definition) is 1. The van der Waals surface area contributed by atoms with Crippen molar-refractivity contribution in [2.45, 2.75) is 13.8 Å². The van der Waals surface area contributed by atoms with E-state index in [1.54, 1.807) is 18.2 Å². The second-order valence-electron chi connectivity index (χ2n) is 7.32. The van der Waals surface area contributed by atoms with Crippen LogP contribution in [0.15, 0.2) is 64.2 Å². The van der Waals surface area contributed by atoms with E-state index in [9.17, 15) is 25.0 Å². The highest BCUT2D eigenvalue weighted by atomic mass is 79.9. The predicted molar refractivity (Wildman–Crippen MR) is 131 cm³/mol. The Hall–Kier alpha value is -4.32. The van der Waals surface area contributed by atoms with Crippen LogP contribution in [-0.2, 0) is 4.79 Å². The number of ether oxygens (including phenoxy) is 2. The third-order valence-corrected chi connectivity index (χ3v) is 5.15. The number of benzene rings is 3. The van der Waals surface area contributed by atoms with Crippen LogP contribution in [0.1, 0.15) is 16.7 Å². The molecule has 0 saturated carbocycles. The summed E-state index contributed by atoms with van der Waals surface area (Å²) in [4.78, 5) is 32.8. The molecule has 35 heavy (non-hydrogen) atoms. The van der Waals surface area contributed by atoms with Crippen molar-refractivity contribution in [2.24, 2.45) is 5.10 Å². The summed E-state index contributed by atoms with van der Waals surface area (Å²) in [6.07, 6.45) is 1.36. The summed E-state index contributed by atoms with van der Waals surface area (Å²) in [5.74, 6) is 0.180. The highest BCUT2D eigenvalue weighted by molar-refractivity contribution is 9.10. The number of halogens is 1. The molecule has 3 rings (SSSR count). The van der Waals surface area contributed by atoms with E-state index in [0.717, 1.165) is 33.8 Å². The van der Waals surface area contributed by atoms with Crippen LogP contribution in [0.5, 0.6) is 17.2 Å². The average molecular weight is 543 g/mol. The van der Waals surface area contributed by atoms with Gasteiger partial charge in [-0.3, -0.25) is 25.0 Å². The molecular weight excluding hydrogens is 524 g/mol. The van der Waals surface area contributed by atoms with Crippen molar-refractivity contribution in [2.75, 3.05) is 6.61 Å². The van der Waals surface area contributed by atoms with Gasteiger partial charge < -0.3 is 9.47 Å². The van der Waals surface area contributed by atoms with Gasteiger partial charge in [0.2, 0.25) is 5.75 Å². The van der Waals surface area contributed by atoms with Crippen LogP contribution in [-0.4, -0.2) is 28.6 Å². The van der Waals surface area contributed by atoms with Gasteiger partial charge in [-0.2, -0.15) is 5.10 Å². The molecule has 0 unspecified atom stereocenters. The maximum Gasteiger partial charge on any atom is 0.318 e. The molecule has 0 saturated heterocycles. The molecule has 0 atom stereocenters. The van der Waals surface area contributed by atoms with Gasteiger partial charge in [0, 0.05) is 6.07 Å². The number of nitrogens with zero attached hydrogens (tertiary/aromatic N) is 3. The van der Waals surface area contributed by atoms with E-state index in [-0.39, 0.29) is 18.1 Å². The van der Waals surface area contributed by atoms with Gasteiger partial charge in [-0.25, -0.2) is 5.43 Å². The smallest absolute Gasteiger partial charge is 0.318 e. The summed E-state index contributed by atoms with van der Waals surface area (Å²) in [7, 11) is 0. The summed E-state index contributed by atoms with van der Waals surface area (Å²) in [6, 6.07) is 13.3. The van der Waals surface area contributed by atoms with Crippen molar-refractivity contribution < 1.29 is 24.1 Å². The predicted octanol–water partition coefficient (Wildman–Crippen LogP) is 5.20. The summed E-state index contributed by atoms with van der Waals surface area (Å²) in [5, 5.41) is 26.0. The van der Waals surface area contributed by atoms with Crippen LogP contribution in [0.2, 0.25) is 0 Å². The van der Waals surface area contributed by atoms with Gasteiger partial charge in [-0.05, 0) is 70.7 Å². The van der Waals surface area contributed by atoms with Crippen molar-refractivity contribution in [3.63, 3.8) is 0 Å². The summed E-state index contributed by atoms with van der Waals surface area (Å²) >= 11 is 3.42. The molecule has 1 amide bonds. The summed E-state index contributed by atoms with van der Waals surface area (Å²) < 4.78 is 11.9. The van der Waals surface area contributed by atoms with Crippen LogP contribution in [0.4, 0.5) is 11.4 Å². The molecule has 11 nitrogen and oxygen atoms in total. The lowest BCUT2D eigenvalue weighted by Gasteiger charge is -2.11. The van der Waals surface area contributed by atoms with Gasteiger partial charge in [0.15, 0.2) is 6.61 Å². The van der Waals surface area contributed by atoms with Crippen molar-refractivity contribution >= 4 is 39.4 Å². The highest BCUT2D eigenvalue weighted by Gasteiger charge is 2.21. The second-order valence-corrected chi connectivity index (χ2v) is 8.17. The molecule has 180 valence electrons. The number of nitrogens with one attached hydrogen (secondary N) is 1. The van der Waals surface area contributed by atoms with Crippen LogP contribution < -0.4 is 14.9 Å². The normalized spacial score (nSPS) is 10.7. The molecule has 0 aromatic heterocycles. The average Bonchev–Trinajstić information content (AvgIpc) is 2.78. The Morgan fingerprint density at radius 3 is 2.54 bits per heavy atom. The van der Waals surface area contributed by atoms with Gasteiger partial charge in [0.05, 0.1) is 26.6 Å². The molecule has 3 aromatic rings. The number of nitro groups is 2. The van der Waals surface area contributed by atoms with Crippen LogP contribution in [0, 0.1) is 34.1 Å². The lowest BCUT2D eigenvalue weighted by atomic mass is 10.1. The first-order valence-corrected chi connectivity index (χ1v) is 10.9. The summed E-state index contributed by atoms with van der Waals surface area (Å²) in [6.45, 7) is 3.59. The molecule has 1 N–H and O–H groups in total. The third kappa shape index (κ3) is 6.84. The monoisotopic (exact) mass is 542 g/mol. The largest absolute Gasteiger partial charge is 0.482 e. The second kappa shape index (κ2) is 11.2. The molecule has 0 spiro atoms. The zero-order valence-electron chi connectivity index (χ0n) is 18.6. The zero-order chi connectivity index (χ0) is 25.5. The molecule has 0 aliphatic rings. The SMILES string of the molecule is Cc1cc(C)c(OCC(=O)N/N=C\c2cccc(Oc3ccc([N+](=O)[O-])cc3[N+](=O)[O-])c2)c(Br)c1. The standard InChI is InChI=1S/C23H19BrN4O7/c1-14-8-15(2)23(19(24)9-14)34-13-22(29)26-25-12-16-4-3-5-18(10-16)35-21-7-6-17(27(30)31)11-20(21)28(32)33/h3-12H,13H2,1-2H3,(H,26,29)/b25-12-. The molecule has 0 aliphatic carbocycles. The first kappa shape index (κ1) is 25.3. The van der Waals surface area contributed by atoms with E-state index in [2.05, 4.69) is 26.5 Å². The lowest BCUT2D eigenvalue weighted by molar-refractivity contribution is -0.394. The number of amides is 1. The fourth-order valence-electron chi connectivity index (χ4n) is 3.07. The number of non-ortho nitro benzene ring substituents is 1. The first-order valence-electron chi connectivity index (χ1n) is 10.1. The van der Waals surface area contributed by atoms with Gasteiger partial charge >= 0.3 is 5.69 Å².